The van der Waals surface area contributed by atoms with Gasteiger partial charge in [0, 0.05) is 11.3 Å². The van der Waals surface area contributed by atoms with Gasteiger partial charge in [-0.3, -0.25) is 0 Å². The fraction of sp³-hybridized carbons (Fsp3) is 0. The molecule has 4 rings (SSSR count). The van der Waals surface area contributed by atoms with E-state index in [2.05, 4.69) is 25.7 Å². The van der Waals surface area contributed by atoms with Gasteiger partial charge in [0.25, 0.3) is 6.01 Å². The van der Waals surface area contributed by atoms with Crippen molar-refractivity contribution in [2.75, 3.05) is 5.32 Å². The van der Waals surface area contributed by atoms with E-state index in [9.17, 15) is 0 Å². The van der Waals surface area contributed by atoms with Crippen LogP contribution in [0.4, 0.5) is 11.7 Å². The zero-order chi connectivity index (χ0) is 14.1. The van der Waals surface area contributed by atoms with Gasteiger partial charge in [0.2, 0.25) is 0 Å². The molecule has 0 saturated heterocycles. The van der Waals surface area contributed by atoms with E-state index in [1.807, 2.05) is 48.5 Å². The largest absolute Gasteiger partial charge is 0.423 e. The van der Waals surface area contributed by atoms with Crippen LogP contribution >= 0.6 is 0 Å². The van der Waals surface area contributed by atoms with Crippen LogP contribution in [-0.2, 0) is 0 Å². The van der Waals surface area contributed by atoms with Crippen LogP contribution in [-0.4, -0.2) is 20.4 Å². The molecule has 0 atom stereocenters. The first-order valence-corrected chi connectivity index (χ1v) is 6.47. The predicted octanol–water partition coefficient (Wildman–Crippen LogP) is 3.36. The minimum absolute atomic E-state index is 0.441. The summed E-state index contributed by atoms with van der Waals surface area (Å²) in [5.74, 6) is 0.723. The summed E-state index contributed by atoms with van der Waals surface area (Å²) in [6, 6.07) is 15.9. The number of H-pyrrole nitrogens is 1. The third-order valence-electron chi connectivity index (χ3n) is 3.13. The second-order valence-electron chi connectivity index (χ2n) is 4.55. The quantitative estimate of drug-likeness (QED) is 0.600. The first-order valence-electron chi connectivity index (χ1n) is 6.47. The fourth-order valence-corrected chi connectivity index (χ4v) is 2.11. The maximum absolute atomic E-state index is 5.70. The Balaban J connectivity index is 1.61. The van der Waals surface area contributed by atoms with E-state index in [1.54, 1.807) is 6.20 Å². The molecule has 0 saturated carbocycles. The van der Waals surface area contributed by atoms with E-state index in [0.717, 1.165) is 28.0 Å². The third-order valence-corrected chi connectivity index (χ3v) is 3.13. The molecular weight excluding hydrogens is 266 g/mol. The van der Waals surface area contributed by atoms with E-state index >= 15 is 0 Å². The number of nitrogens with zero attached hydrogens (tertiary/aromatic N) is 3. The summed E-state index contributed by atoms with van der Waals surface area (Å²) in [7, 11) is 0. The Morgan fingerprint density at radius 2 is 1.81 bits per heavy atom. The van der Waals surface area contributed by atoms with Gasteiger partial charge in [0.15, 0.2) is 5.76 Å². The highest BCUT2D eigenvalue weighted by atomic mass is 16.4. The Morgan fingerprint density at radius 3 is 2.71 bits per heavy atom. The zero-order valence-corrected chi connectivity index (χ0v) is 10.9. The molecule has 2 heterocycles. The van der Waals surface area contributed by atoms with E-state index in [4.69, 9.17) is 4.42 Å². The zero-order valence-electron chi connectivity index (χ0n) is 10.9. The molecule has 0 amide bonds. The first kappa shape index (κ1) is 11.7. The van der Waals surface area contributed by atoms with Crippen LogP contribution in [0.25, 0.3) is 22.4 Å². The number of hydrogen-bond acceptors (Lipinski definition) is 5. The molecule has 2 N–H and O–H groups in total. The van der Waals surface area contributed by atoms with Crippen molar-refractivity contribution in [2.45, 2.75) is 0 Å². The second-order valence-corrected chi connectivity index (χ2v) is 4.55. The van der Waals surface area contributed by atoms with Crippen LogP contribution in [0.3, 0.4) is 0 Å². The molecule has 21 heavy (non-hydrogen) atoms. The lowest BCUT2D eigenvalue weighted by Crippen LogP contribution is -1.89. The van der Waals surface area contributed by atoms with E-state index in [0.29, 0.717) is 6.01 Å². The van der Waals surface area contributed by atoms with Crippen LogP contribution < -0.4 is 5.32 Å². The highest BCUT2D eigenvalue weighted by Crippen LogP contribution is 2.25. The third kappa shape index (κ3) is 2.23. The maximum Gasteiger partial charge on any atom is 0.299 e. The fourth-order valence-electron chi connectivity index (χ4n) is 2.11. The number of benzene rings is 2. The number of rotatable bonds is 3. The van der Waals surface area contributed by atoms with Crippen LogP contribution in [0.1, 0.15) is 0 Å². The van der Waals surface area contributed by atoms with Gasteiger partial charge < -0.3 is 9.73 Å². The van der Waals surface area contributed by atoms with Crippen molar-refractivity contribution < 1.29 is 4.42 Å². The lowest BCUT2D eigenvalue weighted by atomic mass is 10.2. The van der Waals surface area contributed by atoms with E-state index < -0.39 is 0 Å². The van der Waals surface area contributed by atoms with Crippen molar-refractivity contribution in [2.24, 2.45) is 0 Å². The molecular formula is C15H11N5O. The van der Waals surface area contributed by atoms with Crippen molar-refractivity contribution in [1.82, 2.24) is 20.4 Å². The Morgan fingerprint density at radius 1 is 0.952 bits per heavy atom. The van der Waals surface area contributed by atoms with E-state index in [1.165, 1.54) is 0 Å². The Kier molecular flexibility index (Phi) is 2.64. The number of fused-ring (bicyclic) bond motifs is 1. The molecule has 6 heteroatoms. The SMILES string of the molecule is c1ccc(-c2cnc(Nc3ccc4n[nH]nc4c3)o2)cc1. The molecule has 0 radical (unpaired) electrons. The molecule has 0 spiro atoms. The lowest BCUT2D eigenvalue weighted by Gasteiger charge is -2.00. The summed E-state index contributed by atoms with van der Waals surface area (Å²) >= 11 is 0. The van der Waals surface area contributed by atoms with Crippen LogP contribution in [0.2, 0.25) is 0 Å². The molecule has 0 bridgehead atoms. The predicted molar refractivity (Wildman–Crippen MR) is 79.1 cm³/mol. The second kappa shape index (κ2) is 4.75. The number of nitrogens with one attached hydrogen (secondary N) is 2. The van der Waals surface area contributed by atoms with Crippen molar-refractivity contribution in [3.8, 4) is 11.3 Å². The van der Waals surface area contributed by atoms with E-state index in [-0.39, 0.29) is 0 Å². The Labute approximate surface area is 119 Å². The van der Waals surface area contributed by atoms with Gasteiger partial charge in [-0.15, -0.1) is 0 Å². The number of oxazole rings is 1. The smallest absolute Gasteiger partial charge is 0.299 e. The normalized spacial score (nSPS) is 10.9. The molecule has 0 aliphatic rings. The number of anilines is 2. The molecule has 2 aromatic carbocycles. The first-order chi connectivity index (χ1) is 10.4. The maximum atomic E-state index is 5.70. The Bertz CT molecular complexity index is 881. The van der Waals surface area contributed by atoms with Crippen molar-refractivity contribution >= 4 is 22.7 Å². The summed E-state index contributed by atoms with van der Waals surface area (Å²) in [6.45, 7) is 0. The standard InChI is InChI=1S/C15H11N5O/c1-2-4-10(5-3-1)14-9-16-15(21-14)17-11-6-7-12-13(8-11)19-20-18-12/h1-9H,(H,16,17)(H,18,19,20). The summed E-state index contributed by atoms with van der Waals surface area (Å²) in [4.78, 5) is 4.23. The number of hydrogen-bond donors (Lipinski definition) is 2. The van der Waals surface area contributed by atoms with Crippen LogP contribution in [0.5, 0.6) is 0 Å². The number of aromatic nitrogens is 4. The average molecular weight is 277 g/mol. The van der Waals surface area contributed by atoms with Gasteiger partial charge in [-0.1, -0.05) is 30.3 Å². The van der Waals surface area contributed by atoms with Crippen molar-refractivity contribution in [3.05, 3.63) is 54.7 Å². The van der Waals surface area contributed by atoms with Gasteiger partial charge in [-0.05, 0) is 18.2 Å². The highest BCUT2D eigenvalue weighted by molar-refractivity contribution is 5.78. The molecule has 102 valence electrons. The molecule has 0 aliphatic carbocycles. The number of aromatic amines is 1. The van der Waals surface area contributed by atoms with Gasteiger partial charge in [-0.2, -0.15) is 15.4 Å². The average Bonchev–Trinajstić information content (AvgIpc) is 3.17. The summed E-state index contributed by atoms with van der Waals surface area (Å²) in [5, 5.41) is 13.8. The molecule has 4 aromatic rings. The summed E-state index contributed by atoms with van der Waals surface area (Å²) in [6.07, 6.45) is 1.70. The van der Waals surface area contributed by atoms with Crippen molar-refractivity contribution in [3.63, 3.8) is 0 Å². The van der Waals surface area contributed by atoms with Gasteiger partial charge in [-0.25, -0.2) is 4.98 Å². The van der Waals surface area contributed by atoms with Gasteiger partial charge >= 0.3 is 0 Å². The van der Waals surface area contributed by atoms with Crippen molar-refractivity contribution in [1.29, 1.82) is 0 Å². The highest BCUT2D eigenvalue weighted by Gasteiger charge is 2.07. The monoisotopic (exact) mass is 277 g/mol. The Hall–Kier alpha value is -3.15. The van der Waals surface area contributed by atoms with Crippen LogP contribution in [0.15, 0.2) is 59.1 Å². The minimum atomic E-state index is 0.441. The molecule has 0 aliphatic heterocycles. The lowest BCUT2D eigenvalue weighted by molar-refractivity contribution is 0.592. The summed E-state index contributed by atoms with van der Waals surface area (Å²) < 4.78 is 5.70. The van der Waals surface area contributed by atoms with Gasteiger partial charge in [0.05, 0.1) is 6.20 Å². The molecule has 0 unspecified atom stereocenters. The molecule has 2 aromatic heterocycles. The summed E-state index contributed by atoms with van der Waals surface area (Å²) in [5.41, 5.74) is 3.44. The van der Waals surface area contributed by atoms with Crippen LogP contribution in [0, 0.1) is 0 Å². The minimum Gasteiger partial charge on any atom is -0.423 e. The topological polar surface area (TPSA) is 79.6 Å². The molecule has 6 nitrogen and oxygen atoms in total. The van der Waals surface area contributed by atoms with Gasteiger partial charge in [0.1, 0.15) is 11.0 Å². The molecule has 0 fully saturated rings.